The lowest BCUT2D eigenvalue weighted by atomic mass is 10.3. The molecule has 19 heavy (non-hydrogen) atoms. The van der Waals surface area contributed by atoms with Gasteiger partial charge in [-0.3, -0.25) is 4.99 Å². The maximum Gasteiger partial charge on any atom is 0.194 e. The van der Waals surface area contributed by atoms with E-state index in [-0.39, 0.29) is 0 Å². The Kier molecular flexibility index (Phi) is 5.13. The SMILES string of the molecule is CCC1CN(C(=NC)NCc2nccn2C)CCS1. The average Bonchev–Trinajstić information content (AvgIpc) is 2.85. The number of aryl methyl sites for hydroxylation is 1. The summed E-state index contributed by atoms with van der Waals surface area (Å²) in [6.45, 7) is 5.13. The normalized spacial score (nSPS) is 20.7. The molecule has 0 saturated carbocycles. The summed E-state index contributed by atoms with van der Waals surface area (Å²) in [7, 11) is 3.86. The van der Waals surface area contributed by atoms with Gasteiger partial charge in [0.25, 0.3) is 0 Å². The van der Waals surface area contributed by atoms with Crippen molar-refractivity contribution in [3.05, 3.63) is 18.2 Å². The Balaban J connectivity index is 1.91. The van der Waals surface area contributed by atoms with Crippen LogP contribution in [-0.4, -0.2) is 51.6 Å². The highest BCUT2D eigenvalue weighted by molar-refractivity contribution is 8.00. The number of nitrogens with one attached hydrogen (secondary N) is 1. The predicted molar refractivity (Wildman–Crippen MR) is 81.5 cm³/mol. The van der Waals surface area contributed by atoms with Gasteiger partial charge in [0.05, 0.1) is 6.54 Å². The first-order chi connectivity index (χ1) is 9.24. The van der Waals surface area contributed by atoms with E-state index in [1.54, 1.807) is 0 Å². The van der Waals surface area contributed by atoms with Crippen molar-refractivity contribution in [3.63, 3.8) is 0 Å². The number of guanidine groups is 1. The molecule has 1 unspecified atom stereocenters. The van der Waals surface area contributed by atoms with Crippen molar-refractivity contribution >= 4 is 17.7 Å². The van der Waals surface area contributed by atoms with Gasteiger partial charge in [-0.1, -0.05) is 6.92 Å². The Morgan fingerprint density at radius 3 is 3.11 bits per heavy atom. The summed E-state index contributed by atoms with van der Waals surface area (Å²) in [5.74, 6) is 3.20. The molecule has 1 aliphatic heterocycles. The number of aliphatic imine (C=N–C) groups is 1. The molecule has 1 aromatic rings. The average molecular weight is 281 g/mol. The van der Waals surface area contributed by atoms with E-state index in [2.05, 4.69) is 38.9 Å². The van der Waals surface area contributed by atoms with Gasteiger partial charge in [-0.25, -0.2) is 4.98 Å². The molecule has 0 aliphatic carbocycles. The third kappa shape index (κ3) is 3.65. The summed E-state index contributed by atoms with van der Waals surface area (Å²) in [4.78, 5) is 11.1. The Hall–Kier alpha value is -1.17. The van der Waals surface area contributed by atoms with Crippen molar-refractivity contribution in [1.82, 2.24) is 19.8 Å². The van der Waals surface area contributed by atoms with E-state index in [4.69, 9.17) is 0 Å². The maximum absolute atomic E-state index is 4.39. The third-order valence-corrected chi connectivity index (χ3v) is 4.80. The van der Waals surface area contributed by atoms with E-state index in [1.165, 1.54) is 12.2 Å². The van der Waals surface area contributed by atoms with Crippen LogP contribution in [0.1, 0.15) is 19.2 Å². The molecule has 1 fully saturated rings. The van der Waals surface area contributed by atoms with Crippen LogP contribution in [0.25, 0.3) is 0 Å². The standard InChI is InChI=1S/C13H23N5S/c1-4-11-10-18(7-8-19-11)13(14-2)16-9-12-15-5-6-17(12)3/h5-6,11H,4,7-10H2,1-3H3,(H,14,16). The van der Waals surface area contributed by atoms with Crippen molar-refractivity contribution in [2.75, 3.05) is 25.9 Å². The van der Waals surface area contributed by atoms with E-state index < -0.39 is 0 Å². The third-order valence-electron chi connectivity index (χ3n) is 3.43. The lowest BCUT2D eigenvalue weighted by Crippen LogP contribution is -2.47. The summed E-state index contributed by atoms with van der Waals surface area (Å²) in [6, 6.07) is 0. The molecule has 1 aromatic heterocycles. The molecule has 1 N–H and O–H groups in total. The number of nitrogens with zero attached hydrogens (tertiary/aromatic N) is 4. The van der Waals surface area contributed by atoms with E-state index in [1.807, 2.05) is 31.1 Å². The minimum atomic E-state index is 0.719. The van der Waals surface area contributed by atoms with Gasteiger partial charge >= 0.3 is 0 Å². The summed E-state index contributed by atoms with van der Waals surface area (Å²) in [5.41, 5.74) is 0. The zero-order chi connectivity index (χ0) is 13.7. The van der Waals surface area contributed by atoms with Crippen LogP contribution < -0.4 is 5.32 Å². The molecule has 6 heteroatoms. The highest BCUT2D eigenvalue weighted by Crippen LogP contribution is 2.20. The van der Waals surface area contributed by atoms with Crippen LogP contribution >= 0.6 is 11.8 Å². The first-order valence-electron chi connectivity index (χ1n) is 6.78. The van der Waals surface area contributed by atoms with Crippen molar-refractivity contribution < 1.29 is 0 Å². The molecule has 0 aromatic carbocycles. The molecule has 106 valence electrons. The summed E-state index contributed by atoms with van der Waals surface area (Å²) < 4.78 is 2.03. The molecule has 1 saturated heterocycles. The van der Waals surface area contributed by atoms with E-state index >= 15 is 0 Å². The van der Waals surface area contributed by atoms with Gasteiger partial charge in [-0.15, -0.1) is 0 Å². The second kappa shape index (κ2) is 6.84. The Bertz CT molecular complexity index is 428. The predicted octanol–water partition coefficient (Wildman–Crippen LogP) is 1.32. The van der Waals surface area contributed by atoms with Crippen LogP contribution in [0, 0.1) is 0 Å². The van der Waals surface area contributed by atoms with Gasteiger partial charge in [0.2, 0.25) is 0 Å². The fraction of sp³-hybridized carbons (Fsp3) is 0.692. The fourth-order valence-electron chi connectivity index (χ4n) is 2.22. The zero-order valence-electron chi connectivity index (χ0n) is 12.0. The smallest absolute Gasteiger partial charge is 0.194 e. The van der Waals surface area contributed by atoms with Gasteiger partial charge in [-0.05, 0) is 6.42 Å². The lowest BCUT2D eigenvalue weighted by Gasteiger charge is -2.34. The van der Waals surface area contributed by atoms with Gasteiger partial charge in [0.1, 0.15) is 5.82 Å². The van der Waals surface area contributed by atoms with Crippen LogP contribution in [0.3, 0.4) is 0 Å². The minimum absolute atomic E-state index is 0.719. The molecule has 2 rings (SSSR count). The van der Waals surface area contributed by atoms with Crippen LogP contribution in [0.4, 0.5) is 0 Å². The molecule has 0 spiro atoms. The van der Waals surface area contributed by atoms with Crippen LogP contribution in [0.5, 0.6) is 0 Å². The molecule has 0 radical (unpaired) electrons. The molecule has 1 aliphatic rings. The van der Waals surface area contributed by atoms with Crippen LogP contribution in [0.15, 0.2) is 17.4 Å². The Morgan fingerprint density at radius 2 is 2.47 bits per heavy atom. The molecule has 5 nitrogen and oxygen atoms in total. The summed E-state index contributed by atoms with van der Waals surface area (Å²) in [6.07, 6.45) is 5.01. The molecule has 2 heterocycles. The van der Waals surface area contributed by atoms with E-state index in [0.29, 0.717) is 0 Å². The molecular formula is C13H23N5S. The number of hydrogen-bond donors (Lipinski definition) is 1. The second-order valence-electron chi connectivity index (χ2n) is 4.70. The van der Waals surface area contributed by atoms with Gasteiger partial charge in [0, 0.05) is 50.6 Å². The van der Waals surface area contributed by atoms with Crippen molar-refractivity contribution in [3.8, 4) is 0 Å². The fourth-order valence-corrected chi connectivity index (χ4v) is 3.40. The van der Waals surface area contributed by atoms with Crippen molar-refractivity contribution in [2.45, 2.75) is 25.1 Å². The minimum Gasteiger partial charge on any atom is -0.349 e. The number of aromatic nitrogens is 2. The topological polar surface area (TPSA) is 45.4 Å². The van der Waals surface area contributed by atoms with Crippen LogP contribution in [0.2, 0.25) is 0 Å². The van der Waals surface area contributed by atoms with Crippen LogP contribution in [-0.2, 0) is 13.6 Å². The molecule has 0 amide bonds. The molecule has 1 atom stereocenters. The van der Waals surface area contributed by atoms with Crippen molar-refractivity contribution in [1.29, 1.82) is 0 Å². The van der Waals surface area contributed by atoms with E-state index in [9.17, 15) is 0 Å². The number of thioether (sulfide) groups is 1. The number of hydrogen-bond acceptors (Lipinski definition) is 3. The van der Waals surface area contributed by atoms with E-state index in [0.717, 1.165) is 36.7 Å². The Morgan fingerprint density at radius 1 is 1.63 bits per heavy atom. The monoisotopic (exact) mass is 281 g/mol. The van der Waals surface area contributed by atoms with Gasteiger partial charge in [-0.2, -0.15) is 11.8 Å². The second-order valence-corrected chi connectivity index (χ2v) is 6.11. The highest BCUT2D eigenvalue weighted by Gasteiger charge is 2.21. The highest BCUT2D eigenvalue weighted by atomic mass is 32.2. The zero-order valence-corrected chi connectivity index (χ0v) is 12.8. The quantitative estimate of drug-likeness (QED) is 0.670. The lowest BCUT2D eigenvalue weighted by molar-refractivity contribution is 0.407. The summed E-state index contributed by atoms with van der Waals surface area (Å²) >= 11 is 2.07. The molecule has 0 bridgehead atoms. The first kappa shape index (κ1) is 14.2. The van der Waals surface area contributed by atoms with Gasteiger partial charge < -0.3 is 14.8 Å². The number of imidazole rings is 1. The maximum atomic E-state index is 4.39. The van der Waals surface area contributed by atoms with Crippen molar-refractivity contribution in [2.24, 2.45) is 12.0 Å². The first-order valence-corrected chi connectivity index (χ1v) is 7.82. The Labute approximate surface area is 119 Å². The van der Waals surface area contributed by atoms with Gasteiger partial charge in [0.15, 0.2) is 5.96 Å². The summed E-state index contributed by atoms with van der Waals surface area (Å²) in [5, 5.41) is 4.13. The molecular weight excluding hydrogens is 258 g/mol. The largest absolute Gasteiger partial charge is 0.349 e. The number of rotatable bonds is 3.